The molecule has 0 aliphatic carbocycles. The van der Waals surface area contributed by atoms with Crippen molar-refractivity contribution in [2.24, 2.45) is 0 Å². The highest BCUT2D eigenvalue weighted by Gasteiger charge is 2.24. The summed E-state index contributed by atoms with van der Waals surface area (Å²) in [5.41, 5.74) is -0.0427. The number of esters is 2. The van der Waals surface area contributed by atoms with Gasteiger partial charge in [-0.2, -0.15) is 0 Å². The molecule has 1 amide bonds. The van der Waals surface area contributed by atoms with Crippen molar-refractivity contribution in [3.05, 3.63) is 23.9 Å². The monoisotopic (exact) mass is 380 g/mol. The zero-order valence-electron chi connectivity index (χ0n) is 16.5. The molecule has 0 spiro atoms. The smallest absolute Gasteiger partial charge is 0.329 e. The Balaban J connectivity index is 2.69. The van der Waals surface area contributed by atoms with Crippen LogP contribution in [0.3, 0.4) is 0 Å². The molecule has 0 bridgehead atoms. The Hall–Kier alpha value is -2.64. The van der Waals surface area contributed by atoms with Gasteiger partial charge in [0.15, 0.2) is 0 Å². The number of hydrogen-bond acceptors (Lipinski definition) is 7. The van der Waals surface area contributed by atoms with Crippen LogP contribution in [-0.2, 0) is 30.3 Å². The van der Waals surface area contributed by atoms with Crippen LogP contribution in [0.25, 0.3) is 0 Å². The third-order valence-corrected chi connectivity index (χ3v) is 3.29. The van der Waals surface area contributed by atoms with E-state index in [2.05, 4.69) is 10.3 Å². The second kappa shape index (κ2) is 10.5. The van der Waals surface area contributed by atoms with E-state index in [1.807, 2.05) is 0 Å². The Kier molecular flexibility index (Phi) is 8.71. The van der Waals surface area contributed by atoms with Crippen molar-refractivity contribution in [2.45, 2.75) is 58.6 Å². The van der Waals surface area contributed by atoms with Gasteiger partial charge in [0.2, 0.25) is 11.8 Å². The van der Waals surface area contributed by atoms with E-state index in [0.717, 1.165) is 0 Å². The number of carbonyl (C=O) groups is 3. The zero-order valence-corrected chi connectivity index (χ0v) is 16.5. The van der Waals surface area contributed by atoms with Crippen molar-refractivity contribution in [3.8, 4) is 5.88 Å². The van der Waals surface area contributed by atoms with E-state index in [1.54, 1.807) is 45.9 Å². The summed E-state index contributed by atoms with van der Waals surface area (Å²) < 4.78 is 15.3. The number of aromatic nitrogens is 1. The summed E-state index contributed by atoms with van der Waals surface area (Å²) in [7, 11) is 1.49. The highest BCUT2D eigenvalue weighted by Crippen LogP contribution is 2.11. The second-order valence-corrected chi connectivity index (χ2v) is 6.83. The second-order valence-electron chi connectivity index (χ2n) is 6.83. The Morgan fingerprint density at radius 1 is 1.19 bits per heavy atom. The lowest BCUT2D eigenvalue weighted by atomic mass is 10.1. The topological polar surface area (TPSA) is 104 Å². The average Bonchev–Trinajstić information content (AvgIpc) is 2.58. The first-order chi connectivity index (χ1) is 12.6. The maximum Gasteiger partial charge on any atom is 0.329 e. The van der Waals surface area contributed by atoms with E-state index in [-0.39, 0.29) is 25.9 Å². The van der Waals surface area contributed by atoms with Crippen molar-refractivity contribution in [2.75, 3.05) is 13.7 Å². The summed E-state index contributed by atoms with van der Waals surface area (Å²) in [5, 5.41) is 2.60. The van der Waals surface area contributed by atoms with Crippen LogP contribution in [0.5, 0.6) is 5.88 Å². The predicted molar refractivity (Wildman–Crippen MR) is 98.1 cm³/mol. The fourth-order valence-electron chi connectivity index (χ4n) is 2.20. The first kappa shape index (κ1) is 22.4. The quantitative estimate of drug-likeness (QED) is 0.652. The number of pyridine rings is 1. The molecule has 0 aliphatic rings. The number of amides is 1. The Bertz CT molecular complexity index is 654. The SMILES string of the molecule is CCOC(=O)C(Cc1cccc(OC)n1)NC(=O)CCC(=O)OC(C)(C)C. The molecule has 0 saturated heterocycles. The first-order valence-electron chi connectivity index (χ1n) is 8.82. The molecule has 0 aromatic carbocycles. The molecule has 27 heavy (non-hydrogen) atoms. The fraction of sp³-hybridized carbons (Fsp3) is 0.579. The van der Waals surface area contributed by atoms with Crippen LogP contribution in [0.15, 0.2) is 18.2 Å². The van der Waals surface area contributed by atoms with Crippen molar-refractivity contribution in [1.29, 1.82) is 0 Å². The molecule has 150 valence electrons. The maximum absolute atomic E-state index is 12.2. The number of carbonyl (C=O) groups excluding carboxylic acids is 3. The summed E-state index contributed by atoms with van der Waals surface area (Å²) in [4.78, 5) is 40.3. The van der Waals surface area contributed by atoms with Crippen molar-refractivity contribution in [1.82, 2.24) is 10.3 Å². The Labute approximate surface area is 159 Å². The van der Waals surface area contributed by atoms with E-state index < -0.39 is 29.5 Å². The summed E-state index contributed by atoms with van der Waals surface area (Å²) in [6.45, 7) is 7.13. The number of rotatable bonds is 9. The van der Waals surface area contributed by atoms with Gasteiger partial charge in [0.05, 0.1) is 20.1 Å². The molecule has 1 rings (SSSR count). The third kappa shape index (κ3) is 9.03. The van der Waals surface area contributed by atoms with Gasteiger partial charge in [-0.15, -0.1) is 0 Å². The minimum absolute atomic E-state index is 0.0734. The molecule has 0 aliphatic heterocycles. The summed E-state index contributed by atoms with van der Waals surface area (Å²) in [6, 6.07) is 4.24. The molecule has 1 N–H and O–H groups in total. The van der Waals surface area contributed by atoms with Crippen molar-refractivity contribution in [3.63, 3.8) is 0 Å². The molecule has 0 fully saturated rings. The van der Waals surface area contributed by atoms with Gasteiger partial charge in [0.1, 0.15) is 11.6 Å². The average molecular weight is 380 g/mol. The van der Waals surface area contributed by atoms with E-state index in [0.29, 0.717) is 11.6 Å². The van der Waals surface area contributed by atoms with Gasteiger partial charge in [-0.25, -0.2) is 9.78 Å². The molecule has 0 radical (unpaired) electrons. The van der Waals surface area contributed by atoms with Crippen molar-refractivity contribution >= 4 is 17.8 Å². The molecule has 1 aromatic heterocycles. The minimum Gasteiger partial charge on any atom is -0.481 e. The van der Waals surface area contributed by atoms with Crippen LogP contribution in [0.1, 0.15) is 46.2 Å². The van der Waals surface area contributed by atoms with E-state index >= 15 is 0 Å². The lowest BCUT2D eigenvalue weighted by Crippen LogP contribution is -2.43. The van der Waals surface area contributed by atoms with Crippen molar-refractivity contribution < 1.29 is 28.6 Å². The largest absolute Gasteiger partial charge is 0.481 e. The molecule has 1 unspecified atom stereocenters. The number of methoxy groups -OCH3 is 1. The fourth-order valence-corrected chi connectivity index (χ4v) is 2.20. The van der Waals surface area contributed by atoms with Crippen LogP contribution in [0.4, 0.5) is 0 Å². The molecule has 1 atom stereocenters. The molecule has 8 heteroatoms. The van der Waals surface area contributed by atoms with E-state index in [9.17, 15) is 14.4 Å². The van der Waals surface area contributed by atoms with Gasteiger partial charge in [0.25, 0.3) is 0 Å². The Morgan fingerprint density at radius 3 is 2.48 bits per heavy atom. The summed E-state index contributed by atoms with van der Waals surface area (Å²) in [6.07, 6.45) is -0.0133. The molecule has 0 saturated carbocycles. The Morgan fingerprint density at radius 2 is 1.89 bits per heavy atom. The number of ether oxygens (including phenoxy) is 3. The number of nitrogens with zero attached hydrogens (tertiary/aromatic N) is 1. The zero-order chi connectivity index (χ0) is 20.4. The molecule has 1 heterocycles. The van der Waals surface area contributed by atoms with Gasteiger partial charge >= 0.3 is 11.9 Å². The predicted octanol–water partition coefficient (Wildman–Crippen LogP) is 1.80. The highest BCUT2D eigenvalue weighted by atomic mass is 16.6. The van der Waals surface area contributed by atoms with Gasteiger partial charge in [0, 0.05) is 24.6 Å². The van der Waals surface area contributed by atoms with Crippen LogP contribution in [0.2, 0.25) is 0 Å². The van der Waals surface area contributed by atoms with E-state index in [4.69, 9.17) is 14.2 Å². The normalized spacial score (nSPS) is 12.0. The number of hydrogen-bond donors (Lipinski definition) is 1. The molecule has 1 aromatic rings. The van der Waals surface area contributed by atoms with Gasteiger partial charge < -0.3 is 19.5 Å². The van der Waals surface area contributed by atoms with Gasteiger partial charge in [-0.05, 0) is 33.8 Å². The van der Waals surface area contributed by atoms with Crippen LogP contribution >= 0.6 is 0 Å². The van der Waals surface area contributed by atoms with Crippen LogP contribution in [-0.4, -0.2) is 48.2 Å². The van der Waals surface area contributed by atoms with Crippen LogP contribution in [0, 0.1) is 0 Å². The summed E-state index contributed by atoms with van der Waals surface area (Å²) in [5.74, 6) is -1.07. The third-order valence-electron chi connectivity index (χ3n) is 3.29. The lowest BCUT2D eigenvalue weighted by Gasteiger charge is -2.20. The lowest BCUT2D eigenvalue weighted by molar-refractivity contribution is -0.155. The molecular formula is C19H28N2O6. The molecule has 8 nitrogen and oxygen atoms in total. The van der Waals surface area contributed by atoms with Gasteiger partial charge in [-0.1, -0.05) is 6.07 Å². The highest BCUT2D eigenvalue weighted by molar-refractivity contribution is 5.86. The molecular weight excluding hydrogens is 352 g/mol. The standard InChI is InChI=1S/C19H28N2O6/c1-6-26-18(24)14(12-13-8-7-9-16(20-13)25-5)21-15(22)10-11-17(23)27-19(2,3)4/h7-9,14H,6,10-12H2,1-5H3,(H,21,22). The van der Waals surface area contributed by atoms with E-state index in [1.165, 1.54) is 7.11 Å². The van der Waals surface area contributed by atoms with Gasteiger partial charge in [-0.3, -0.25) is 9.59 Å². The maximum atomic E-state index is 12.2. The van der Waals surface area contributed by atoms with Crippen LogP contribution < -0.4 is 10.1 Å². The number of nitrogens with one attached hydrogen (secondary N) is 1. The minimum atomic E-state index is -0.907. The first-order valence-corrected chi connectivity index (χ1v) is 8.82. The summed E-state index contributed by atoms with van der Waals surface area (Å²) >= 11 is 0.